The summed E-state index contributed by atoms with van der Waals surface area (Å²) in [5.41, 5.74) is 2.97. The number of hydrogen-bond donors (Lipinski definition) is 0. The minimum absolute atomic E-state index is 0.0102. The Morgan fingerprint density at radius 1 is 1.44 bits per heavy atom. The molecule has 0 bridgehead atoms. The standard InChI is InChI=1S/C12H19NOSSi/c1-9(16)12(2,3)13-11-7-5-4-6-10(11)8-15(13)14/h4-7,9H,8H2,1-3,16H3. The number of hydrogen-bond acceptors (Lipinski definition) is 2. The van der Waals surface area contributed by atoms with Gasteiger partial charge in [0.15, 0.2) is 5.75 Å². The first-order valence-corrected chi connectivity index (χ1v) is 8.14. The van der Waals surface area contributed by atoms with Crippen molar-refractivity contribution in [3.05, 3.63) is 29.8 Å². The molecule has 2 rings (SSSR count). The van der Waals surface area contributed by atoms with Crippen LogP contribution in [0.1, 0.15) is 26.3 Å². The van der Waals surface area contributed by atoms with E-state index in [2.05, 4.69) is 37.2 Å². The van der Waals surface area contributed by atoms with Gasteiger partial charge in [-0.15, -0.1) is 0 Å². The van der Waals surface area contributed by atoms with Crippen molar-refractivity contribution in [2.24, 2.45) is 0 Å². The van der Waals surface area contributed by atoms with E-state index in [0.717, 1.165) is 15.9 Å². The van der Waals surface area contributed by atoms with Crippen LogP contribution in [0, 0.1) is 0 Å². The zero-order chi connectivity index (χ0) is 11.9. The van der Waals surface area contributed by atoms with E-state index in [0.29, 0.717) is 11.3 Å². The lowest BCUT2D eigenvalue weighted by molar-refractivity contribution is 0.489. The molecule has 1 heterocycles. The molecule has 0 saturated carbocycles. The van der Waals surface area contributed by atoms with Gasteiger partial charge in [0, 0.05) is 15.8 Å². The van der Waals surface area contributed by atoms with E-state index in [1.807, 2.05) is 12.1 Å². The van der Waals surface area contributed by atoms with Crippen molar-refractivity contribution >= 4 is 27.3 Å². The molecule has 16 heavy (non-hydrogen) atoms. The van der Waals surface area contributed by atoms with Gasteiger partial charge in [-0.2, -0.15) is 4.31 Å². The predicted molar refractivity (Wildman–Crippen MR) is 74.2 cm³/mol. The van der Waals surface area contributed by atoms with Gasteiger partial charge in [-0.25, -0.2) is 0 Å². The van der Waals surface area contributed by atoms with Gasteiger partial charge in [-0.3, -0.25) is 0 Å². The first kappa shape index (κ1) is 12.0. The average Bonchev–Trinajstić information content (AvgIpc) is 2.53. The molecule has 0 fully saturated rings. The Morgan fingerprint density at radius 2 is 2.06 bits per heavy atom. The van der Waals surface area contributed by atoms with Crippen molar-refractivity contribution in [3.63, 3.8) is 0 Å². The van der Waals surface area contributed by atoms with Crippen molar-refractivity contribution in [1.29, 1.82) is 0 Å². The van der Waals surface area contributed by atoms with E-state index >= 15 is 0 Å². The molecule has 0 amide bonds. The predicted octanol–water partition coefficient (Wildman–Crippen LogP) is 1.62. The Hall–Kier alpha value is -0.453. The lowest BCUT2D eigenvalue weighted by atomic mass is 10.00. The minimum Gasteiger partial charge on any atom is -0.593 e. The summed E-state index contributed by atoms with van der Waals surface area (Å²) in [6.45, 7) is 6.64. The maximum atomic E-state index is 12.2. The van der Waals surface area contributed by atoms with Crippen molar-refractivity contribution in [2.75, 3.05) is 4.31 Å². The highest BCUT2D eigenvalue weighted by atomic mass is 32.2. The quantitative estimate of drug-likeness (QED) is 0.591. The molecule has 1 aliphatic rings. The Morgan fingerprint density at radius 3 is 2.69 bits per heavy atom. The summed E-state index contributed by atoms with van der Waals surface area (Å²) in [7, 11) is 1.12. The van der Waals surface area contributed by atoms with Crippen LogP contribution in [-0.2, 0) is 17.1 Å². The second-order valence-electron chi connectivity index (χ2n) is 5.20. The summed E-state index contributed by atoms with van der Waals surface area (Å²) in [5.74, 6) is 0.674. The normalized spacial score (nSPS) is 22.2. The first-order chi connectivity index (χ1) is 7.44. The highest BCUT2D eigenvalue weighted by Gasteiger charge is 2.43. The average molecular weight is 253 g/mol. The molecule has 88 valence electrons. The number of anilines is 1. The third-order valence-electron chi connectivity index (χ3n) is 3.63. The van der Waals surface area contributed by atoms with Crippen molar-refractivity contribution in [3.8, 4) is 0 Å². The minimum atomic E-state index is -0.892. The van der Waals surface area contributed by atoms with Crippen LogP contribution >= 0.6 is 0 Å². The van der Waals surface area contributed by atoms with Gasteiger partial charge in [0.25, 0.3) is 0 Å². The fourth-order valence-corrected chi connectivity index (χ4v) is 4.16. The van der Waals surface area contributed by atoms with Gasteiger partial charge >= 0.3 is 0 Å². The first-order valence-electron chi connectivity index (χ1n) is 5.71. The summed E-state index contributed by atoms with van der Waals surface area (Å²) < 4.78 is 14.3. The molecule has 2 unspecified atom stereocenters. The van der Waals surface area contributed by atoms with E-state index < -0.39 is 11.4 Å². The highest BCUT2D eigenvalue weighted by Crippen LogP contribution is 2.42. The number of benzene rings is 1. The van der Waals surface area contributed by atoms with E-state index in [1.54, 1.807) is 0 Å². The SMILES string of the molecule is CC([SiH3])C(C)(C)N1c2ccccc2C[S+]1[O-]. The molecule has 0 radical (unpaired) electrons. The molecule has 0 spiro atoms. The third-order valence-corrected chi connectivity index (χ3v) is 6.67. The van der Waals surface area contributed by atoms with Gasteiger partial charge in [-0.1, -0.05) is 25.1 Å². The Bertz CT molecular complexity index is 394. The zero-order valence-corrected chi connectivity index (χ0v) is 13.2. The van der Waals surface area contributed by atoms with E-state index in [4.69, 9.17) is 0 Å². The molecule has 1 aromatic carbocycles. The fourth-order valence-electron chi connectivity index (χ4n) is 1.95. The number of para-hydroxylation sites is 1. The van der Waals surface area contributed by atoms with Gasteiger partial charge in [0.1, 0.15) is 0 Å². The van der Waals surface area contributed by atoms with Crippen LogP contribution in [0.3, 0.4) is 0 Å². The van der Waals surface area contributed by atoms with Crippen LogP contribution in [0.15, 0.2) is 24.3 Å². The fraction of sp³-hybridized carbons (Fsp3) is 0.500. The second kappa shape index (κ2) is 4.09. The summed E-state index contributed by atoms with van der Waals surface area (Å²) in [6, 6.07) is 8.23. The maximum absolute atomic E-state index is 12.2. The molecular formula is C12H19NOSSi. The van der Waals surface area contributed by atoms with Crippen LogP contribution in [0.4, 0.5) is 5.69 Å². The highest BCUT2D eigenvalue weighted by molar-refractivity contribution is 7.92. The number of fused-ring (bicyclic) bond motifs is 1. The van der Waals surface area contributed by atoms with Gasteiger partial charge in [0.2, 0.25) is 0 Å². The Labute approximate surface area is 104 Å². The van der Waals surface area contributed by atoms with Gasteiger partial charge in [0.05, 0.1) is 22.6 Å². The van der Waals surface area contributed by atoms with Gasteiger partial charge in [-0.05, 0) is 25.5 Å². The van der Waals surface area contributed by atoms with E-state index in [1.165, 1.54) is 5.56 Å². The molecule has 1 aromatic rings. The molecule has 0 aromatic heterocycles. The molecule has 0 aliphatic carbocycles. The smallest absolute Gasteiger partial charge is 0.158 e. The van der Waals surface area contributed by atoms with Crippen LogP contribution in [-0.4, -0.2) is 20.3 Å². The monoisotopic (exact) mass is 253 g/mol. The Kier molecular flexibility index (Phi) is 3.07. The largest absolute Gasteiger partial charge is 0.593 e. The molecule has 2 atom stereocenters. The topological polar surface area (TPSA) is 26.3 Å². The summed E-state index contributed by atoms with van der Waals surface area (Å²) in [4.78, 5) is 0. The molecule has 0 N–H and O–H groups in total. The summed E-state index contributed by atoms with van der Waals surface area (Å²) >= 11 is -0.892. The second-order valence-corrected chi connectivity index (χ2v) is 8.23. The third kappa shape index (κ3) is 1.79. The molecule has 2 nitrogen and oxygen atoms in total. The van der Waals surface area contributed by atoms with Crippen LogP contribution < -0.4 is 4.31 Å². The lowest BCUT2D eigenvalue weighted by Crippen LogP contribution is -2.48. The van der Waals surface area contributed by atoms with Crippen molar-refractivity contribution < 1.29 is 4.55 Å². The molecular weight excluding hydrogens is 234 g/mol. The Balaban J connectivity index is 2.43. The lowest BCUT2D eigenvalue weighted by Gasteiger charge is -2.38. The van der Waals surface area contributed by atoms with Crippen LogP contribution in [0.25, 0.3) is 0 Å². The van der Waals surface area contributed by atoms with Crippen LogP contribution in [0.2, 0.25) is 5.54 Å². The van der Waals surface area contributed by atoms with Crippen LogP contribution in [0.5, 0.6) is 0 Å². The molecule has 4 heteroatoms. The summed E-state index contributed by atoms with van der Waals surface area (Å²) in [5, 5.41) is 0. The molecule has 0 saturated heterocycles. The number of rotatable bonds is 2. The van der Waals surface area contributed by atoms with Gasteiger partial charge < -0.3 is 4.55 Å². The van der Waals surface area contributed by atoms with Crippen molar-refractivity contribution in [2.45, 2.75) is 37.6 Å². The molecule has 1 aliphatic heterocycles. The number of nitrogens with zero attached hydrogens (tertiary/aromatic N) is 1. The summed E-state index contributed by atoms with van der Waals surface area (Å²) in [6.07, 6.45) is 0. The zero-order valence-electron chi connectivity index (χ0n) is 10.4. The van der Waals surface area contributed by atoms with E-state index in [9.17, 15) is 4.55 Å². The maximum Gasteiger partial charge on any atom is 0.158 e. The van der Waals surface area contributed by atoms with Crippen molar-refractivity contribution in [1.82, 2.24) is 0 Å². The van der Waals surface area contributed by atoms with E-state index in [-0.39, 0.29) is 5.54 Å².